The summed E-state index contributed by atoms with van der Waals surface area (Å²) in [5.41, 5.74) is 1.95. The second-order valence-electron chi connectivity index (χ2n) is 3.30. The zero-order chi connectivity index (χ0) is 11.7. The van der Waals surface area contributed by atoms with Crippen LogP contribution in [0.25, 0.3) is 10.4 Å². The number of rotatable bonds is 2. The predicted octanol–water partition coefficient (Wildman–Crippen LogP) is 3.47. The summed E-state index contributed by atoms with van der Waals surface area (Å²) in [6.07, 6.45) is 0. The third-order valence-corrected chi connectivity index (χ3v) is 3.51. The molecule has 2 rings (SSSR count). The van der Waals surface area contributed by atoms with Crippen molar-refractivity contribution in [3.05, 3.63) is 40.5 Å². The second-order valence-corrected chi connectivity index (χ2v) is 4.43. The normalized spacial score (nSPS) is 10.4. The highest BCUT2D eigenvalue weighted by Crippen LogP contribution is 2.34. The summed E-state index contributed by atoms with van der Waals surface area (Å²) in [5, 5.41) is 9.12. The second kappa shape index (κ2) is 4.23. The molecule has 0 bridgehead atoms. The first kappa shape index (κ1) is 11.1. The lowest BCUT2D eigenvalue weighted by molar-refractivity contribution is 0.0698. The maximum Gasteiger partial charge on any atom is 0.340 e. The van der Waals surface area contributed by atoms with Crippen molar-refractivity contribution in [1.29, 1.82) is 0 Å². The van der Waals surface area contributed by atoms with E-state index in [0.717, 1.165) is 22.7 Å². The van der Waals surface area contributed by atoms with E-state index in [0.29, 0.717) is 4.88 Å². The molecule has 0 aliphatic carbocycles. The molecule has 5 heteroatoms. The fourth-order valence-electron chi connectivity index (χ4n) is 1.47. The molecule has 1 N–H and O–H groups in total. The number of halogens is 1. The monoisotopic (exact) mass is 253 g/mol. The van der Waals surface area contributed by atoms with Crippen molar-refractivity contribution < 1.29 is 9.90 Å². The van der Waals surface area contributed by atoms with Gasteiger partial charge < -0.3 is 5.11 Å². The molecule has 3 nitrogen and oxygen atoms in total. The van der Waals surface area contributed by atoms with Crippen molar-refractivity contribution in [2.24, 2.45) is 0 Å². The molecule has 0 saturated heterocycles. The first-order chi connectivity index (χ1) is 7.61. The number of carboxylic acids is 1. The topological polar surface area (TPSA) is 50.2 Å². The number of aromatic carboxylic acids is 1. The van der Waals surface area contributed by atoms with E-state index < -0.39 is 5.97 Å². The lowest BCUT2D eigenvalue weighted by Crippen LogP contribution is -1.97. The van der Waals surface area contributed by atoms with E-state index in [-0.39, 0.29) is 10.7 Å². The molecule has 0 spiro atoms. The van der Waals surface area contributed by atoms with Crippen molar-refractivity contribution in [2.45, 2.75) is 6.92 Å². The van der Waals surface area contributed by atoms with Crippen LogP contribution in [0.15, 0.2) is 24.3 Å². The van der Waals surface area contributed by atoms with Crippen LogP contribution in [0.3, 0.4) is 0 Å². The van der Waals surface area contributed by atoms with Gasteiger partial charge in [-0.05, 0) is 29.6 Å². The van der Waals surface area contributed by atoms with Crippen LogP contribution in [0.2, 0.25) is 5.15 Å². The van der Waals surface area contributed by atoms with Gasteiger partial charge in [-0.15, -0.1) is 0 Å². The molecule has 2 aromatic rings. The molecule has 1 aromatic heterocycles. The Morgan fingerprint density at radius 2 is 2.12 bits per heavy atom. The van der Waals surface area contributed by atoms with E-state index in [2.05, 4.69) is 4.37 Å². The number of carboxylic acid groups (broad SMARTS) is 1. The van der Waals surface area contributed by atoms with Crippen LogP contribution in [0, 0.1) is 6.92 Å². The van der Waals surface area contributed by atoms with Gasteiger partial charge in [-0.25, -0.2) is 4.79 Å². The van der Waals surface area contributed by atoms with Gasteiger partial charge in [0.15, 0.2) is 5.15 Å². The molecule has 0 fully saturated rings. The van der Waals surface area contributed by atoms with Crippen molar-refractivity contribution in [3.8, 4) is 10.4 Å². The Kier molecular flexibility index (Phi) is 2.94. The summed E-state index contributed by atoms with van der Waals surface area (Å²) in [6, 6.07) is 7.56. The smallest absolute Gasteiger partial charge is 0.340 e. The molecule has 0 amide bonds. The largest absolute Gasteiger partial charge is 0.478 e. The van der Waals surface area contributed by atoms with Gasteiger partial charge >= 0.3 is 5.97 Å². The molecule has 0 aliphatic rings. The van der Waals surface area contributed by atoms with Crippen molar-refractivity contribution >= 4 is 29.1 Å². The van der Waals surface area contributed by atoms with E-state index >= 15 is 0 Å². The SMILES string of the molecule is Cc1ccccc1-c1snc(Cl)c1C(=O)O. The van der Waals surface area contributed by atoms with E-state index in [1.807, 2.05) is 31.2 Å². The van der Waals surface area contributed by atoms with Gasteiger partial charge in [-0.1, -0.05) is 35.9 Å². The summed E-state index contributed by atoms with van der Waals surface area (Å²) in [6.45, 7) is 1.93. The molecule has 0 saturated carbocycles. The molecule has 16 heavy (non-hydrogen) atoms. The number of aryl methyl sites for hydroxylation is 1. The fraction of sp³-hybridized carbons (Fsp3) is 0.0909. The van der Waals surface area contributed by atoms with Crippen LogP contribution in [0.4, 0.5) is 0 Å². The number of benzene rings is 1. The van der Waals surface area contributed by atoms with Gasteiger partial charge in [0.25, 0.3) is 0 Å². The van der Waals surface area contributed by atoms with Crippen LogP contribution in [-0.2, 0) is 0 Å². The molecule has 1 heterocycles. The Morgan fingerprint density at radius 1 is 1.44 bits per heavy atom. The maximum atomic E-state index is 11.1. The van der Waals surface area contributed by atoms with Crippen LogP contribution in [0.1, 0.15) is 15.9 Å². The van der Waals surface area contributed by atoms with Crippen molar-refractivity contribution in [2.75, 3.05) is 0 Å². The van der Waals surface area contributed by atoms with Gasteiger partial charge in [0, 0.05) is 0 Å². The Hall–Kier alpha value is -1.39. The van der Waals surface area contributed by atoms with Gasteiger partial charge in [0.2, 0.25) is 0 Å². The summed E-state index contributed by atoms with van der Waals surface area (Å²) in [4.78, 5) is 11.7. The number of nitrogens with zero attached hydrogens (tertiary/aromatic N) is 1. The summed E-state index contributed by atoms with van der Waals surface area (Å²) >= 11 is 6.87. The minimum Gasteiger partial charge on any atom is -0.478 e. The highest BCUT2D eigenvalue weighted by Gasteiger charge is 2.20. The van der Waals surface area contributed by atoms with Crippen LogP contribution in [0.5, 0.6) is 0 Å². The zero-order valence-electron chi connectivity index (χ0n) is 8.40. The maximum absolute atomic E-state index is 11.1. The Labute approximate surface area is 101 Å². The first-order valence-electron chi connectivity index (χ1n) is 4.55. The van der Waals surface area contributed by atoms with Crippen LogP contribution in [-0.4, -0.2) is 15.4 Å². The molecular formula is C11H8ClNO2S. The van der Waals surface area contributed by atoms with E-state index in [4.69, 9.17) is 16.7 Å². The average Bonchev–Trinajstić information content (AvgIpc) is 2.61. The summed E-state index contributed by atoms with van der Waals surface area (Å²) < 4.78 is 3.88. The molecule has 0 radical (unpaired) electrons. The Balaban J connectivity index is 2.66. The van der Waals surface area contributed by atoms with E-state index in [1.54, 1.807) is 0 Å². The molecule has 0 aliphatic heterocycles. The minimum absolute atomic E-state index is 0.0516. The number of hydrogen-bond donors (Lipinski definition) is 1. The van der Waals surface area contributed by atoms with Gasteiger partial charge in [-0.3, -0.25) is 0 Å². The van der Waals surface area contributed by atoms with Gasteiger partial charge in [0.05, 0.1) is 4.88 Å². The summed E-state index contributed by atoms with van der Waals surface area (Å²) in [7, 11) is 0. The van der Waals surface area contributed by atoms with Crippen LogP contribution >= 0.6 is 23.1 Å². The number of carbonyl (C=O) groups is 1. The molecular weight excluding hydrogens is 246 g/mol. The molecule has 0 atom stereocenters. The number of aromatic nitrogens is 1. The third-order valence-electron chi connectivity index (χ3n) is 2.25. The lowest BCUT2D eigenvalue weighted by Gasteiger charge is -2.03. The Morgan fingerprint density at radius 3 is 2.75 bits per heavy atom. The van der Waals surface area contributed by atoms with E-state index in [1.165, 1.54) is 0 Å². The predicted molar refractivity (Wildman–Crippen MR) is 64.3 cm³/mol. The zero-order valence-corrected chi connectivity index (χ0v) is 9.97. The average molecular weight is 254 g/mol. The highest BCUT2D eigenvalue weighted by molar-refractivity contribution is 7.10. The quantitative estimate of drug-likeness (QED) is 0.892. The van der Waals surface area contributed by atoms with Crippen molar-refractivity contribution in [1.82, 2.24) is 4.37 Å². The fourth-order valence-corrected chi connectivity index (χ4v) is 2.67. The molecule has 0 unspecified atom stereocenters. The van der Waals surface area contributed by atoms with E-state index in [9.17, 15) is 4.79 Å². The third kappa shape index (κ3) is 1.81. The highest BCUT2D eigenvalue weighted by atomic mass is 35.5. The molecule has 82 valence electrons. The van der Waals surface area contributed by atoms with Crippen LogP contribution < -0.4 is 0 Å². The minimum atomic E-state index is -1.04. The van der Waals surface area contributed by atoms with Gasteiger partial charge in [0.1, 0.15) is 5.56 Å². The number of hydrogen-bond acceptors (Lipinski definition) is 3. The lowest BCUT2D eigenvalue weighted by atomic mass is 10.1. The molecule has 1 aromatic carbocycles. The summed E-state index contributed by atoms with van der Waals surface area (Å²) in [5.74, 6) is -1.04. The van der Waals surface area contributed by atoms with Crippen molar-refractivity contribution in [3.63, 3.8) is 0 Å². The first-order valence-corrected chi connectivity index (χ1v) is 5.71. The standard InChI is InChI=1S/C11H8ClNO2S/c1-6-4-2-3-5-7(6)9-8(11(14)15)10(12)13-16-9/h2-5H,1H3,(H,14,15). The Bertz CT molecular complexity index is 551. The van der Waals surface area contributed by atoms with Gasteiger partial charge in [-0.2, -0.15) is 4.37 Å².